The Labute approximate surface area is 129 Å². The van der Waals surface area contributed by atoms with E-state index in [0.717, 1.165) is 0 Å². The molecular weight excluding hydrogens is 308 g/mol. The quantitative estimate of drug-likeness (QED) is 0.852. The largest absolute Gasteiger partial charge is 0.398 e. The third-order valence-electron chi connectivity index (χ3n) is 3.64. The molecule has 0 aliphatic heterocycles. The molecule has 0 fully saturated rings. The minimum atomic E-state index is -3.73. The Morgan fingerprint density at radius 1 is 1.05 bits per heavy atom. The van der Waals surface area contributed by atoms with Crippen molar-refractivity contribution in [2.45, 2.75) is 23.8 Å². The minimum absolute atomic E-state index is 0.0392. The molecule has 0 heterocycles. The number of fused-ring (bicyclic) bond motifs is 1. The first-order chi connectivity index (χ1) is 9.97. The topological polar surface area (TPSA) is 72.2 Å². The van der Waals surface area contributed by atoms with Crippen LogP contribution in [0.15, 0.2) is 47.4 Å². The van der Waals surface area contributed by atoms with E-state index in [9.17, 15) is 8.42 Å². The van der Waals surface area contributed by atoms with E-state index in [0.29, 0.717) is 12.8 Å². The smallest absolute Gasteiger partial charge is 0.244 e. The maximum atomic E-state index is 12.5. The maximum absolute atomic E-state index is 12.5. The Morgan fingerprint density at radius 2 is 1.67 bits per heavy atom. The highest BCUT2D eigenvalue weighted by Crippen LogP contribution is 2.29. The van der Waals surface area contributed by atoms with Gasteiger partial charge in [0.15, 0.2) is 0 Å². The van der Waals surface area contributed by atoms with E-state index in [1.165, 1.54) is 23.3 Å². The zero-order valence-electron chi connectivity index (χ0n) is 11.2. The molecule has 0 saturated carbocycles. The standard InChI is InChI=1S/C15H15ClN2O2S/c16-13-6-3-7-14(17)15(13)21(19,20)18-12-8-10-4-1-2-5-11(10)9-12/h1-7,12,18H,8-9,17H2. The molecule has 0 aromatic heterocycles. The molecule has 3 N–H and O–H groups in total. The highest BCUT2D eigenvalue weighted by atomic mass is 35.5. The molecule has 6 heteroatoms. The third-order valence-corrected chi connectivity index (χ3v) is 5.70. The van der Waals surface area contributed by atoms with Crippen molar-refractivity contribution in [3.05, 3.63) is 58.6 Å². The van der Waals surface area contributed by atoms with Crippen LogP contribution in [-0.2, 0) is 22.9 Å². The lowest BCUT2D eigenvalue weighted by Crippen LogP contribution is -2.35. The number of nitrogen functional groups attached to an aromatic ring is 1. The maximum Gasteiger partial charge on any atom is 0.244 e. The van der Waals surface area contributed by atoms with E-state index in [1.807, 2.05) is 24.3 Å². The Bertz CT molecular complexity index is 745. The van der Waals surface area contributed by atoms with Crippen molar-refractivity contribution in [1.82, 2.24) is 4.72 Å². The van der Waals surface area contributed by atoms with Crippen LogP contribution in [0.25, 0.3) is 0 Å². The Kier molecular flexibility index (Phi) is 3.65. The van der Waals surface area contributed by atoms with Crippen molar-refractivity contribution in [3.8, 4) is 0 Å². The zero-order chi connectivity index (χ0) is 15.0. The van der Waals surface area contributed by atoms with Gasteiger partial charge in [-0.25, -0.2) is 13.1 Å². The van der Waals surface area contributed by atoms with Gasteiger partial charge >= 0.3 is 0 Å². The van der Waals surface area contributed by atoms with E-state index in [1.54, 1.807) is 6.07 Å². The SMILES string of the molecule is Nc1cccc(Cl)c1S(=O)(=O)NC1Cc2ccccc2C1. The van der Waals surface area contributed by atoms with Crippen molar-refractivity contribution in [1.29, 1.82) is 0 Å². The Hall–Kier alpha value is -1.56. The Morgan fingerprint density at radius 3 is 2.24 bits per heavy atom. The second-order valence-corrected chi connectivity index (χ2v) is 7.21. The van der Waals surface area contributed by atoms with Crippen LogP contribution < -0.4 is 10.5 Å². The highest BCUT2D eigenvalue weighted by Gasteiger charge is 2.28. The van der Waals surface area contributed by atoms with Gasteiger partial charge in [-0.15, -0.1) is 0 Å². The predicted octanol–water partition coefficient (Wildman–Crippen LogP) is 2.37. The number of nitrogens with two attached hydrogens (primary N) is 1. The normalized spacial score (nSPS) is 15.1. The molecule has 2 aromatic carbocycles. The molecule has 0 atom stereocenters. The van der Waals surface area contributed by atoms with Crippen molar-refractivity contribution in [3.63, 3.8) is 0 Å². The van der Waals surface area contributed by atoms with Gasteiger partial charge in [-0.05, 0) is 36.1 Å². The summed E-state index contributed by atoms with van der Waals surface area (Å²) in [5.74, 6) is 0. The van der Waals surface area contributed by atoms with E-state index < -0.39 is 10.0 Å². The fourth-order valence-electron chi connectivity index (χ4n) is 2.73. The van der Waals surface area contributed by atoms with Gasteiger partial charge in [-0.3, -0.25) is 0 Å². The Balaban J connectivity index is 1.86. The van der Waals surface area contributed by atoms with Crippen molar-refractivity contribution in [2.75, 3.05) is 5.73 Å². The molecule has 0 unspecified atom stereocenters. The number of benzene rings is 2. The minimum Gasteiger partial charge on any atom is -0.398 e. The van der Waals surface area contributed by atoms with E-state index >= 15 is 0 Å². The summed E-state index contributed by atoms with van der Waals surface area (Å²) in [5, 5.41) is 0.137. The van der Waals surface area contributed by atoms with Gasteiger partial charge in [0.05, 0.1) is 10.7 Å². The summed E-state index contributed by atoms with van der Waals surface area (Å²) in [7, 11) is -3.73. The summed E-state index contributed by atoms with van der Waals surface area (Å²) >= 11 is 5.99. The van der Waals surface area contributed by atoms with E-state index in [-0.39, 0.29) is 21.6 Å². The zero-order valence-corrected chi connectivity index (χ0v) is 12.8. The second-order valence-electron chi connectivity index (χ2n) is 5.15. The monoisotopic (exact) mass is 322 g/mol. The van der Waals surface area contributed by atoms with Gasteiger partial charge in [-0.1, -0.05) is 41.9 Å². The van der Waals surface area contributed by atoms with Crippen LogP contribution >= 0.6 is 11.6 Å². The third kappa shape index (κ3) is 2.77. The van der Waals surface area contributed by atoms with Gasteiger partial charge in [0.2, 0.25) is 10.0 Å². The van der Waals surface area contributed by atoms with Gasteiger partial charge in [0.1, 0.15) is 4.90 Å². The molecule has 1 aliphatic rings. The lowest BCUT2D eigenvalue weighted by atomic mass is 10.1. The molecule has 0 amide bonds. The van der Waals surface area contributed by atoms with E-state index in [4.69, 9.17) is 17.3 Å². The number of sulfonamides is 1. The molecular formula is C15H15ClN2O2S. The van der Waals surface area contributed by atoms with Gasteiger partial charge < -0.3 is 5.73 Å². The molecule has 21 heavy (non-hydrogen) atoms. The number of hydrogen-bond acceptors (Lipinski definition) is 3. The summed E-state index contributed by atoms with van der Waals surface area (Å²) in [6.07, 6.45) is 1.36. The predicted molar refractivity (Wildman–Crippen MR) is 83.8 cm³/mol. The number of hydrogen-bond donors (Lipinski definition) is 2. The highest BCUT2D eigenvalue weighted by molar-refractivity contribution is 7.89. The summed E-state index contributed by atoms with van der Waals surface area (Å²) in [5.41, 5.74) is 8.28. The first kappa shape index (κ1) is 14.4. The van der Waals surface area contributed by atoms with Crippen LogP contribution in [0, 0.1) is 0 Å². The summed E-state index contributed by atoms with van der Waals surface area (Å²) in [4.78, 5) is -0.0392. The van der Waals surface area contributed by atoms with Crippen LogP contribution in [0.5, 0.6) is 0 Å². The molecule has 110 valence electrons. The average Bonchev–Trinajstić information content (AvgIpc) is 2.79. The van der Waals surface area contributed by atoms with Gasteiger partial charge in [0, 0.05) is 6.04 Å². The molecule has 0 saturated heterocycles. The van der Waals surface area contributed by atoms with Gasteiger partial charge in [-0.2, -0.15) is 0 Å². The van der Waals surface area contributed by atoms with Gasteiger partial charge in [0.25, 0.3) is 0 Å². The summed E-state index contributed by atoms with van der Waals surface area (Å²) < 4.78 is 27.7. The molecule has 3 rings (SSSR count). The molecule has 4 nitrogen and oxygen atoms in total. The van der Waals surface area contributed by atoms with Crippen molar-refractivity contribution in [2.24, 2.45) is 0 Å². The van der Waals surface area contributed by atoms with Crippen LogP contribution in [0.3, 0.4) is 0 Å². The molecule has 0 bridgehead atoms. The molecule has 2 aromatic rings. The van der Waals surface area contributed by atoms with Crippen LogP contribution in [-0.4, -0.2) is 14.5 Å². The second kappa shape index (κ2) is 5.33. The number of anilines is 1. The first-order valence-corrected chi connectivity index (χ1v) is 8.46. The summed E-state index contributed by atoms with van der Waals surface area (Å²) in [6, 6.07) is 12.5. The fourth-order valence-corrected chi connectivity index (χ4v) is 4.64. The van der Waals surface area contributed by atoms with Crippen LogP contribution in [0.4, 0.5) is 5.69 Å². The first-order valence-electron chi connectivity index (χ1n) is 6.60. The van der Waals surface area contributed by atoms with Crippen molar-refractivity contribution >= 4 is 27.3 Å². The number of nitrogens with one attached hydrogen (secondary N) is 1. The summed E-state index contributed by atoms with van der Waals surface area (Å²) in [6.45, 7) is 0. The molecule has 0 spiro atoms. The molecule has 1 aliphatic carbocycles. The number of rotatable bonds is 3. The van der Waals surface area contributed by atoms with Crippen LogP contribution in [0.2, 0.25) is 5.02 Å². The molecule has 0 radical (unpaired) electrons. The van der Waals surface area contributed by atoms with Crippen molar-refractivity contribution < 1.29 is 8.42 Å². The lowest BCUT2D eigenvalue weighted by Gasteiger charge is -2.15. The number of halogens is 1. The van der Waals surface area contributed by atoms with Crippen LogP contribution in [0.1, 0.15) is 11.1 Å². The van der Waals surface area contributed by atoms with E-state index in [2.05, 4.69) is 4.72 Å². The lowest BCUT2D eigenvalue weighted by molar-refractivity contribution is 0.556. The average molecular weight is 323 g/mol. The fraction of sp³-hybridized carbons (Fsp3) is 0.200.